The molecule has 9 heteroatoms. The summed E-state index contributed by atoms with van der Waals surface area (Å²) in [5, 5.41) is 4.74. The smallest absolute Gasteiger partial charge is 0.270 e. The summed E-state index contributed by atoms with van der Waals surface area (Å²) in [5.74, 6) is 1.98. The van der Waals surface area contributed by atoms with Crippen molar-refractivity contribution < 1.29 is 28.5 Å². The average Bonchev–Trinajstić information content (AvgIpc) is 3.46. The lowest BCUT2D eigenvalue weighted by atomic mass is 9.83. The summed E-state index contributed by atoms with van der Waals surface area (Å²) < 4.78 is 21.5. The van der Waals surface area contributed by atoms with Gasteiger partial charge in [0.15, 0.2) is 28.8 Å². The van der Waals surface area contributed by atoms with Crippen LogP contribution in [0.2, 0.25) is 0 Å². The number of benzene rings is 2. The van der Waals surface area contributed by atoms with Gasteiger partial charge >= 0.3 is 0 Å². The highest BCUT2D eigenvalue weighted by Gasteiger charge is 2.29. The fourth-order valence-electron chi connectivity index (χ4n) is 4.22. The Labute approximate surface area is 219 Å². The molecule has 1 aliphatic carbocycles. The first-order valence-electron chi connectivity index (χ1n) is 11.5. The predicted molar refractivity (Wildman–Crippen MR) is 143 cm³/mol. The van der Waals surface area contributed by atoms with Gasteiger partial charge in [0.2, 0.25) is 0 Å². The first-order valence-corrected chi connectivity index (χ1v) is 12.5. The van der Waals surface area contributed by atoms with E-state index in [0.717, 1.165) is 11.1 Å². The number of ether oxygens (including phenoxy) is 4. The molecule has 1 amide bonds. The lowest BCUT2D eigenvalue weighted by molar-refractivity contribution is -0.113. The van der Waals surface area contributed by atoms with Crippen LogP contribution < -0.4 is 24.3 Å². The number of hydrogen-bond acceptors (Lipinski definition) is 8. The third-order valence-corrected chi connectivity index (χ3v) is 6.60. The first kappa shape index (κ1) is 26.0. The minimum atomic E-state index is -0.287. The summed E-state index contributed by atoms with van der Waals surface area (Å²) in [4.78, 5) is 30.4. The van der Waals surface area contributed by atoms with Gasteiger partial charge in [-0.15, -0.1) is 11.3 Å². The molecule has 0 spiro atoms. The molecule has 4 rings (SSSR count). The Morgan fingerprint density at radius 1 is 0.865 bits per heavy atom. The lowest BCUT2D eigenvalue weighted by Crippen LogP contribution is -2.39. The molecule has 1 heterocycles. The molecule has 1 aromatic heterocycles. The summed E-state index contributed by atoms with van der Waals surface area (Å²) in [7, 11) is 6.27. The molecule has 1 N–H and O–H groups in total. The Morgan fingerprint density at radius 3 is 1.81 bits per heavy atom. The standard InChI is InChI=1S/C28H28N2O6S/c1-33-23-7-5-17(11-25(23)35-3)9-19-13-21(30-28(32)22-15-37-16-29-22)14-20(27(19)31)10-18-6-8-24(34-2)26(12-18)36-4/h5-12,15-16,21H,13-14H2,1-4H3,(H,30,32)/b19-9+,20-10+. The Morgan fingerprint density at radius 2 is 1.38 bits per heavy atom. The summed E-state index contributed by atoms with van der Waals surface area (Å²) in [6.45, 7) is 0. The molecule has 0 radical (unpaired) electrons. The molecule has 0 saturated heterocycles. The molecule has 1 saturated carbocycles. The average molecular weight is 521 g/mol. The maximum absolute atomic E-state index is 13.6. The predicted octanol–water partition coefficient (Wildman–Crippen LogP) is 4.81. The Bertz CT molecular complexity index is 1270. The molecule has 0 atom stereocenters. The molecule has 192 valence electrons. The highest BCUT2D eigenvalue weighted by molar-refractivity contribution is 7.07. The second-order valence-corrected chi connectivity index (χ2v) is 9.07. The Balaban J connectivity index is 1.70. The van der Waals surface area contributed by atoms with Crippen LogP contribution in [-0.4, -0.2) is 51.2 Å². The van der Waals surface area contributed by atoms with Gasteiger partial charge in [-0.1, -0.05) is 12.1 Å². The topological polar surface area (TPSA) is 96.0 Å². The van der Waals surface area contributed by atoms with E-state index in [1.54, 1.807) is 51.5 Å². The maximum Gasteiger partial charge on any atom is 0.270 e. The molecular weight excluding hydrogens is 492 g/mol. The minimum absolute atomic E-state index is 0.0799. The zero-order valence-electron chi connectivity index (χ0n) is 21.1. The number of carbonyl (C=O) groups excluding carboxylic acids is 2. The number of nitrogens with one attached hydrogen (secondary N) is 1. The van der Waals surface area contributed by atoms with Crippen molar-refractivity contribution in [2.24, 2.45) is 0 Å². The fraction of sp³-hybridized carbons (Fsp3) is 0.250. The summed E-state index contributed by atoms with van der Waals surface area (Å²) in [6.07, 6.45) is 4.42. The molecular formula is C28H28N2O6S. The molecule has 37 heavy (non-hydrogen) atoms. The molecule has 1 fully saturated rings. The number of thiazole rings is 1. The van der Waals surface area contributed by atoms with Gasteiger partial charge < -0.3 is 24.3 Å². The van der Waals surface area contributed by atoms with E-state index in [0.29, 0.717) is 52.7 Å². The van der Waals surface area contributed by atoms with E-state index in [9.17, 15) is 9.59 Å². The molecule has 0 bridgehead atoms. The van der Waals surface area contributed by atoms with Crippen molar-refractivity contribution in [1.82, 2.24) is 10.3 Å². The third-order valence-electron chi connectivity index (χ3n) is 6.01. The van der Waals surface area contributed by atoms with E-state index < -0.39 is 0 Å². The number of carbonyl (C=O) groups is 2. The summed E-state index contributed by atoms with van der Waals surface area (Å²) in [5.41, 5.74) is 4.71. The van der Waals surface area contributed by atoms with E-state index in [2.05, 4.69) is 10.3 Å². The van der Waals surface area contributed by atoms with Gasteiger partial charge in [-0.2, -0.15) is 0 Å². The lowest BCUT2D eigenvalue weighted by Gasteiger charge is -2.26. The second kappa shape index (κ2) is 11.7. The van der Waals surface area contributed by atoms with Gasteiger partial charge in [-0.3, -0.25) is 9.59 Å². The SMILES string of the molecule is COc1ccc(/C=C2\CC(NC(=O)c3cscn3)C/C(=C\c3ccc(OC)c(OC)c3)C2=O)cc1OC. The largest absolute Gasteiger partial charge is 0.493 e. The normalized spacial score (nSPS) is 17.5. The molecule has 0 aliphatic heterocycles. The molecule has 1 aliphatic rings. The Hall–Kier alpha value is -4.11. The third kappa shape index (κ3) is 6.00. The zero-order valence-corrected chi connectivity index (χ0v) is 21.9. The maximum atomic E-state index is 13.6. The van der Waals surface area contributed by atoms with Gasteiger partial charge in [0.1, 0.15) is 5.69 Å². The molecule has 2 aromatic carbocycles. The molecule has 0 unspecified atom stereocenters. The van der Waals surface area contributed by atoms with Gasteiger partial charge in [-0.25, -0.2) is 4.98 Å². The number of aromatic nitrogens is 1. The van der Waals surface area contributed by atoms with Crippen LogP contribution in [0.4, 0.5) is 0 Å². The van der Waals surface area contributed by atoms with Crippen molar-refractivity contribution in [1.29, 1.82) is 0 Å². The quantitative estimate of drug-likeness (QED) is 0.426. The van der Waals surface area contributed by atoms with Crippen molar-refractivity contribution in [3.05, 3.63) is 75.3 Å². The van der Waals surface area contributed by atoms with Crippen molar-refractivity contribution in [3.63, 3.8) is 0 Å². The van der Waals surface area contributed by atoms with Gasteiger partial charge in [0.05, 0.1) is 33.9 Å². The van der Waals surface area contributed by atoms with Gasteiger partial charge in [0, 0.05) is 22.6 Å². The second-order valence-electron chi connectivity index (χ2n) is 8.35. The monoisotopic (exact) mass is 520 g/mol. The van der Waals surface area contributed by atoms with Crippen molar-refractivity contribution >= 4 is 35.2 Å². The Kier molecular flexibility index (Phi) is 8.25. The first-order chi connectivity index (χ1) is 17.9. The van der Waals surface area contributed by atoms with Crippen LogP contribution >= 0.6 is 11.3 Å². The van der Waals surface area contributed by atoms with Gasteiger partial charge in [-0.05, 0) is 60.4 Å². The van der Waals surface area contributed by atoms with Crippen LogP contribution in [0.1, 0.15) is 34.5 Å². The van der Waals surface area contributed by atoms with Crippen molar-refractivity contribution in [2.45, 2.75) is 18.9 Å². The fourth-order valence-corrected chi connectivity index (χ4v) is 4.75. The van der Waals surface area contributed by atoms with Crippen molar-refractivity contribution in [3.8, 4) is 23.0 Å². The number of hydrogen-bond donors (Lipinski definition) is 1. The van der Waals surface area contributed by atoms with Crippen LogP contribution in [-0.2, 0) is 4.79 Å². The molecule has 8 nitrogen and oxygen atoms in total. The van der Waals surface area contributed by atoms with E-state index in [1.807, 2.05) is 36.4 Å². The number of ketones is 1. The van der Waals surface area contributed by atoms with Crippen LogP contribution in [0.25, 0.3) is 12.2 Å². The number of methoxy groups -OCH3 is 4. The van der Waals surface area contributed by atoms with Crippen molar-refractivity contribution in [2.75, 3.05) is 28.4 Å². The number of amides is 1. The highest BCUT2D eigenvalue weighted by Crippen LogP contribution is 2.33. The highest BCUT2D eigenvalue weighted by atomic mass is 32.1. The van der Waals surface area contributed by atoms with Gasteiger partial charge in [0.25, 0.3) is 5.91 Å². The zero-order chi connectivity index (χ0) is 26.4. The van der Waals surface area contributed by atoms with Crippen LogP contribution in [0.5, 0.6) is 23.0 Å². The van der Waals surface area contributed by atoms with E-state index >= 15 is 0 Å². The minimum Gasteiger partial charge on any atom is -0.493 e. The van der Waals surface area contributed by atoms with E-state index in [4.69, 9.17) is 18.9 Å². The number of rotatable bonds is 8. The molecule has 3 aromatic rings. The van der Waals surface area contributed by atoms with Crippen LogP contribution in [0.3, 0.4) is 0 Å². The van der Waals surface area contributed by atoms with E-state index in [1.165, 1.54) is 11.3 Å². The van der Waals surface area contributed by atoms with Crippen LogP contribution in [0.15, 0.2) is 58.4 Å². The number of nitrogens with zero attached hydrogens (tertiary/aromatic N) is 1. The van der Waals surface area contributed by atoms with E-state index in [-0.39, 0.29) is 17.7 Å². The summed E-state index contributed by atoms with van der Waals surface area (Å²) >= 11 is 1.35. The number of Topliss-reactive ketones (excluding diaryl/α,β-unsaturated/α-hetero) is 1. The van der Waals surface area contributed by atoms with Crippen LogP contribution in [0, 0.1) is 0 Å². The summed E-state index contributed by atoms with van der Waals surface area (Å²) in [6, 6.07) is 10.6.